The molecule has 0 aliphatic rings. The lowest BCUT2D eigenvalue weighted by molar-refractivity contribution is -0.0104. The van der Waals surface area contributed by atoms with Gasteiger partial charge in [-0.1, -0.05) is 0 Å². The Balaban J connectivity index is 2.00. The Hall–Kier alpha value is -0.880. The fraction of sp³-hybridized carbons (Fsp3) is 0.733. The zero-order valence-electron chi connectivity index (χ0n) is 12.7. The maximum absolute atomic E-state index is 9.78. The molecule has 0 amide bonds. The number of rotatable bonds is 11. The second-order valence-electron chi connectivity index (χ2n) is 5.24. The van der Waals surface area contributed by atoms with Gasteiger partial charge in [-0.15, -0.1) is 0 Å². The lowest BCUT2D eigenvalue weighted by atomic mass is 10.2. The smallest absolute Gasteiger partial charge is 0.105 e. The van der Waals surface area contributed by atoms with Gasteiger partial charge in [-0.25, -0.2) is 0 Å². The van der Waals surface area contributed by atoms with E-state index in [4.69, 9.17) is 13.9 Å². The molecule has 0 spiro atoms. The Morgan fingerprint density at radius 3 is 2.75 bits per heavy atom. The van der Waals surface area contributed by atoms with Crippen LogP contribution >= 0.6 is 0 Å². The molecule has 5 nitrogen and oxygen atoms in total. The normalized spacial score (nSPS) is 14.7. The molecule has 0 fully saturated rings. The topological polar surface area (TPSA) is 63.9 Å². The van der Waals surface area contributed by atoms with Crippen LogP contribution in [0.5, 0.6) is 0 Å². The molecule has 1 rings (SSSR count). The lowest BCUT2D eigenvalue weighted by Crippen LogP contribution is -2.37. The van der Waals surface area contributed by atoms with Crippen LogP contribution in [0.2, 0.25) is 0 Å². The Morgan fingerprint density at radius 2 is 2.10 bits per heavy atom. The number of hydrogen-bond donors (Lipinski definition) is 2. The second-order valence-corrected chi connectivity index (χ2v) is 5.24. The SMILES string of the molecule is CC(Cc1ccco1)NCC(O)COCCOC(C)C. The number of hydrogen-bond acceptors (Lipinski definition) is 5. The average Bonchev–Trinajstić information content (AvgIpc) is 2.88. The summed E-state index contributed by atoms with van der Waals surface area (Å²) in [6.45, 7) is 7.93. The maximum atomic E-state index is 9.78. The third kappa shape index (κ3) is 8.32. The molecule has 0 aromatic carbocycles. The molecule has 0 aliphatic heterocycles. The molecule has 0 aliphatic carbocycles. The highest BCUT2D eigenvalue weighted by Crippen LogP contribution is 2.03. The van der Waals surface area contributed by atoms with Gasteiger partial charge in [0.25, 0.3) is 0 Å². The van der Waals surface area contributed by atoms with Gasteiger partial charge < -0.3 is 24.3 Å². The van der Waals surface area contributed by atoms with Crippen LogP contribution < -0.4 is 5.32 Å². The van der Waals surface area contributed by atoms with Crippen molar-refractivity contribution < 1.29 is 19.0 Å². The summed E-state index contributed by atoms with van der Waals surface area (Å²) in [5.74, 6) is 0.946. The highest BCUT2D eigenvalue weighted by Gasteiger charge is 2.09. The summed E-state index contributed by atoms with van der Waals surface area (Å²) in [6, 6.07) is 4.08. The molecule has 5 heteroatoms. The second kappa shape index (κ2) is 9.94. The van der Waals surface area contributed by atoms with Crippen LogP contribution in [0.4, 0.5) is 0 Å². The van der Waals surface area contributed by atoms with Gasteiger partial charge in [0.2, 0.25) is 0 Å². The van der Waals surface area contributed by atoms with E-state index in [2.05, 4.69) is 12.2 Å². The maximum Gasteiger partial charge on any atom is 0.105 e. The van der Waals surface area contributed by atoms with E-state index < -0.39 is 6.10 Å². The third-order valence-corrected chi connectivity index (χ3v) is 2.78. The summed E-state index contributed by atoms with van der Waals surface area (Å²) in [7, 11) is 0. The molecule has 1 heterocycles. The zero-order chi connectivity index (χ0) is 14.8. The summed E-state index contributed by atoms with van der Waals surface area (Å²) in [4.78, 5) is 0. The zero-order valence-corrected chi connectivity index (χ0v) is 12.7. The van der Waals surface area contributed by atoms with E-state index in [0.717, 1.165) is 12.2 Å². The third-order valence-electron chi connectivity index (χ3n) is 2.78. The van der Waals surface area contributed by atoms with Gasteiger partial charge >= 0.3 is 0 Å². The molecule has 116 valence electrons. The molecule has 0 saturated carbocycles. The van der Waals surface area contributed by atoms with E-state index in [-0.39, 0.29) is 12.1 Å². The largest absolute Gasteiger partial charge is 0.469 e. The van der Waals surface area contributed by atoms with Crippen molar-refractivity contribution in [3.63, 3.8) is 0 Å². The van der Waals surface area contributed by atoms with Crippen molar-refractivity contribution in [1.29, 1.82) is 0 Å². The van der Waals surface area contributed by atoms with E-state index in [0.29, 0.717) is 26.4 Å². The molecule has 20 heavy (non-hydrogen) atoms. The minimum atomic E-state index is -0.506. The average molecular weight is 285 g/mol. The van der Waals surface area contributed by atoms with Crippen molar-refractivity contribution >= 4 is 0 Å². The minimum absolute atomic E-state index is 0.215. The van der Waals surface area contributed by atoms with E-state index in [9.17, 15) is 5.11 Å². The van der Waals surface area contributed by atoms with Gasteiger partial charge in [-0.2, -0.15) is 0 Å². The number of ether oxygens (including phenoxy) is 2. The molecule has 1 aromatic rings. The fourth-order valence-corrected chi connectivity index (χ4v) is 1.76. The molecular formula is C15H27NO4. The predicted octanol–water partition coefficient (Wildman–Crippen LogP) is 1.60. The van der Waals surface area contributed by atoms with Gasteiger partial charge in [0.1, 0.15) is 5.76 Å². The van der Waals surface area contributed by atoms with Crippen molar-refractivity contribution in [1.82, 2.24) is 5.32 Å². The van der Waals surface area contributed by atoms with Crippen LogP contribution in [0.25, 0.3) is 0 Å². The van der Waals surface area contributed by atoms with Crippen LogP contribution in [0, 0.1) is 0 Å². The van der Waals surface area contributed by atoms with Crippen molar-refractivity contribution in [3.8, 4) is 0 Å². The summed E-state index contributed by atoms with van der Waals surface area (Å²) >= 11 is 0. The molecule has 0 radical (unpaired) electrons. The molecule has 1 aromatic heterocycles. The van der Waals surface area contributed by atoms with E-state index >= 15 is 0 Å². The highest BCUT2D eigenvalue weighted by atomic mass is 16.5. The van der Waals surface area contributed by atoms with E-state index in [1.54, 1.807) is 6.26 Å². The lowest BCUT2D eigenvalue weighted by Gasteiger charge is -2.16. The van der Waals surface area contributed by atoms with Crippen molar-refractivity contribution in [3.05, 3.63) is 24.2 Å². The molecular weight excluding hydrogens is 258 g/mol. The van der Waals surface area contributed by atoms with Crippen LogP contribution in [0.3, 0.4) is 0 Å². The predicted molar refractivity (Wildman–Crippen MR) is 77.8 cm³/mol. The van der Waals surface area contributed by atoms with Crippen LogP contribution in [0.15, 0.2) is 22.8 Å². The minimum Gasteiger partial charge on any atom is -0.469 e. The molecule has 2 unspecified atom stereocenters. The molecule has 2 atom stereocenters. The Kier molecular flexibility index (Phi) is 8.53. The van der Waals surface area contributed by atoms with E-state index in [1.165, 1.54) is 0 Å². The van der Waals surface area contributed by atoms with Gasteiger partial charge in [0.15, 0.2) is 0 Å². The first kappa shape index (κ1) is 17.2. The van der Waals surface area contributed by atoms with Gasteiger partial charge in [0.05, 0.1) is 38.3 Å². The van der Waals surface area contributed by atoms with Crippen LogP contribution in [0.1, 0.15) is 26.5 Å². The number of aliphatic hydroxyl groups is 1. The highest BCUT2D eigenvalue weighted by molar-refractivity contribution is 4.99. The number of aliphatic hydroxyl groups excluding tert-OH is 1. The van der Waals surface area contributed by atoms with E-state index in [1.807, 2.05) is 26.0 Å². The number of furan rings is 1. The molecule has 2 N–H and O–H groups in total. The fourth-order valence-electron chi connectivity index (χ4n) is 1.76. The first-order valence-electron chi connectivity index (χ1n) is 7.21. The summed E-state index contributed by atoms with van der Waals surface area (Å²) in [5.41, 5.74) is 0. The van der Waals surface area contributed by atoms with Gasteiger partial charge in [0, 0.05) is 19.0 Å². The standard InChI is InChI=1S/C15H27NO4/c1-12(2)19-8-7-18-11-14(17)10-16-13(3)9-15-5-4-6-20-15/h4-6,12-14,16-17H,7-11H2,1-3H3. The quantitative estimate of drug-likeness (QED) is 0.605. The monoisotopic (exact) mass is 285 g/mol. The molecule has 0 saturated heterocycles. The summed E-state index contributed by atoms with van der Waals surface area (Å²) in [5, 5.41) is 13.0. The molecule has 0 bridgehead atoms. The van der Waals surface area contributed by atoms with Crippen molar-refractivity contribution in [2.75, 3.05) is 26.4 Å². The van der Waals surface area contributed by atoms with Gasteiger partial charge in [-0.05, 0) is 32.9 Å². The summed E-state index contributed by atoms with van der Waals surface area (Å²) in [6.07, 6.45) is 2.19. The Morgan fingerprint density at radius 1 is 1.30 bits per heavy atom. The van der Waals surface area contributed by atoms with Crippen molar-refractivity contribution in [2.45, 2.75) is 45.4 Å². The van der Waals surface area contributed by atoms with Crippen molar-refractivity contribution in [2.24, 2.45) is 0 Å². The Bertz CT molecular complexity index is 327. The first-order chi connectivity index (χ1) is 9.58. The first-order valence-corrected chi connectivity index (χ1v) is 7.21. The number of nitrogens with one attached hydrogen (secondary N) is 1. The van der Waals surface area contributed by atoms with Crippen LogP contribution in [-0.2, 0) is 15.9 Å². The van der Waals surface area contributed by atoms with Gasteiger partial charge in [-0.3, -0.25) is 0 Å². The Labute approximate surface area is 121 Å². The van der Waals surface area contributed by atoms with Crippen LogP contribution in [-0.4, -0.2) is 49.7 Å². The summed E-state index contributed by atoms with van der Waals surface area (Å²) < 4.78 is 16.0.